The zero-order valence-electron chi connectivity index (χ0n) is 10.9. The number of thiocarbonyl (C=S) groups is 1. The second kappa shape index (κ2) is 6.35. The maximum Gasteiger partial charge on any atom is 0.242 e. The van der Waals surface area contributed by atoms with Crippen molar-refractivity contribution in [3.05, 3.63) is 29.8 Å². The number of para-hydroxylation sites is 1. The van der Waals surface area contributed by atoms with Crippen LogP contribution in [0.1, 0.15) is 26.3 Å². The summed E-state index contributed by atoms with van der Waals surface area (Å²) in [5.74, 6) is -0.0530. The number of carbonyl (C=O) groups is 1. The maximum atomic E-state index is 11.8. The van der Waals surface area contributed by atoms with Gasteiger partial charge in [0.05, 0.1) is 0 Å². The van der Waals surface area contributed by atoms with Crippen LogP contribution in [-0.2, 0) is 4.79 Å². The minimum atomic E-state index is -0.345. The summed E-state index contributed by atoms with van der Waals surface area (Å²) in [6.45, 7) is 5.65. The average Bonchev–Trinajstić information content (AvgIpc) is 2.28. The highest BCUT2D eigenvalue weighted by atomic mass is 32.1. The van der Waals surface area contributed by atoms with Gasteiger partial charge in [-0.3, -0.25) is 4.79 Å². The van der Waals surface area contributed by atoms with Crippen LogP contribution in [0.15, 0.2) is 24.3 Å². The van der Waals surface area contributed by atoms with Crippen LogP contribution in [0.3, 0.4) is 0 Å². The molecule has 0 aliphatic rings. The Bertz CT molecular complexity index is 446. The van der Waals surface area contributed by atoms with E-state index in [0.717, 1.165) is 11.3 Å². The minimum absolute atomic E-state index is 0.0530. The Morgan fingerprint density at radius 3 is 2.44 bits per heavy atom. The lowest BCUT2D eigenvalue weighted by Gasteiger charge is -2.18. The van der Waals surface area contributed by atoms with Gasteiger partial charge >= 0.3 is 0 Å². The summed E-state index contributed by atoms with van der Waals surface area (Å²) in [5, 5.41) is 5.96. The van der Waals surface area contributed by atoms with E-state index in [-0.39, 0.29) is 18.0 Å². The zero-order valence-corrected chi connectivity index (χ0v) is 11.7. The molecular weight excluding hydrogens is 246 g/mol. The van der Waals surface area contributed by atoms with Gasteiger partial charge < -0.3 is 16.4 Å². The number of nitrogens with one attached hydrogen (secondary N) is 2. The molecule has 0 bridgehead atoms. The van der Waals surface area contributed by atoms with Gasteiger partial charge in [-0.05, 0) is 32.9 Å². The van der Waals surface area contributed by atoms with E-state index in [4.69, 9.17) is 18.0 Å². The predicted octanol–water partition coefficient (Wildman–Crippen LogP) is 1.65. The number of hydrogen-bond acceptors (Lipinski definition) is 3. The van der Waals surface area contributed by atoms with Crippen molar-refractivity contribution in [1.29, 1.82) is 0 Å². The third kappa shape index (κ3) is 4.00. The van der Waals surface area contributed by atoms with Gasteiger partial charge in [-0.15, -0.1) is 0 Å². The normalized spacial score (nSPS) is 12.0. The highest BCUT2D eigenvalue weighted by molar-refractivity contribution is 7.80. The fraction of sp³-hybridized carbons (Fsp3) is 0.385. The molecule has 0 heterocycles. The number of rotatable bonds is 5. The molecule has 98 valence electrons. The van der Waals surface area contributed by atoms with Crippen LogP contribution in [0.25, 0.3) is 0 Å². The summed E-state index contributed by atoms with van der Waals surface area (Å²) in [7, 11) is 0. The maximum absolute atomic E-state index is 11.8. The first-order valence-corrected chi connectivity index (χ1v) is 6.28. The number of hydrogen-bond donors (Lipinski definition) is 3. The number of nitrogens with two attached hydrogens (primary N) is 1. The smallest absolute Gasteiger partial charge is 0.242 e. The fourth-order valence-electron chi connectivity index (χ4n) is 1.53. The Kier molecular flexibility index (Phi) is 5.09. The van der Waals surface area contributed by atoms with Crippen LogP contribution in [0.5, 0.6) is 0 Å². The van der Waals surface area contributed by atoms with Crippen LogP contribution in [-0.4, -0.2) is 23.0 Å². The second-order valence-corrected chi connectivity index (χ2v) is 4.88. The molecule has 0 aliphatic heterocycles. The van der Waals surface area contributed by atoms with E-state index >= 15 is 0 Å². The van der Waals surface area contributed by atoms with E-state index < -0.39 is 0 Å². The molecule has 0 aromatic heterocycles. The summed E-state index contributed by atoms with van der Waals surface area (Å²) in [4.78, 5) is 12.1. The molecule has 1 amide bonds. The Hall–Kier alpha value is -1.62. The summed E-state index contributed by atoms with van der Waals surface area (Å²) in [6, 6.07) is 7.19. The first-order valence-electron chi connectivity index (χ1n) is 5.87. The number of carbonyl (C=O) groups excluding carboxylic acids is 1. The van der Waals surface area contributed by atoms with Gasteiger partial charge in [0.15, 0.2) is 0 Å². The SMILES string of the molecule is CC(C)NC(=O)C(C)Nc1ccccc1C(N)=S. The molecule has 1 rings (SSSR count). The Morgan fingerprint density at radius 1 is 1.28 bits per heavy atom. The minimum Gasteiger partial charge on any atom is -0.389 e. The third-order valence-electron chi connectivity index (χ3n) is 2.39. The molecule has 1 aromatic rings. The summed E-state index contributed by atoms with van der Waals surface area (Å²) in [5.41, 5.74) is 7.16. The van der Waals surface area contributed by atoms with E-state index in [1.807, 2.05) is 38.1 Å². The molecule has 0 saturated heterocycles. The molecule has 18 heavy (non-hydrogen) atoms. The molecule has 4 N–H and O–H groups in total. The van der Waals surface area contributed by atoms with Gasteiger partial charge in [-0.1, -0.05) is 24.4 Å². The van der Waals surface area contributed by atoms with Crippen LogP contribution in [0.4, 0.5) is 5.69 Å². The van der Waals surface area contributed by atoms with Crippen LogP contribution in [0, 0.1) is 0 Å². The summed E-state index contributed by atoms with van der Waals surface area (Å²) >= 11 is 4.98. The standard InChI is InChI=1S/C13H19N3OS/c1-8(2)15-13(17)9(3)16-11-7-5-4-6-10(11)12(14)18/h4-9,16H,1-3H3,(H2,14,18)(H,15,17). The van der Waals surface area contributed by atoms with Crippen molar-refractivity contribution in [2.45, 2.75) is 32.9 Å². The Balaban J connectivity index is 2.78. The predicted molar refractivity (Wildman–Crippen MR) is 78.7 cm³/mol. The Morgan fingerprint density at radius 2 is 1.89 bits per heavy atom. The molecule has 0 saturated carbocycles. The lowest BCUT2D eigenvalue weighted by molar-refractivity contribution is -0.122. The fourth-order valence-corrected chi connectivity index (χ4v) is 1.71. The number of anilines is 1. The van der Waals surface area contributed by atoms with Gasteiger partial charge in [0.1, 0.15) is 11.0 Å². The van der Waals surface area contributed by atoms with Gasteiger partial charge in [-0.25, -0.2) is 0 Å². The topological polar surface area (TPSA) is 67.2 Å². The van der Waals surface area contributed by atoms with Crippen molar-refractivity contribution in [2.24, 2.45) is 5.73 Å². The van der Waals surface area contributed by atoms with E-state index in [1.54, 1.807) is 6.92 Å². The summed E-state index contributed by atoms with van der Waals surface area (Å²) < 4.78 is 0. The molecule has 0 radical (unpaired) electrons. The molecular formula is C13H19N3OS. The van der Waals surface area contributed by atoms with Crippen LogP contribution < -0.4 is 16.4 Å². The van der Waals surface area contributed by atoms with E-state index in [2.05, 4.69) is 10.6 Å². The van der Waals surface area contributed by atoms with Crippen molar-refractivity contribution in [3.8, 4) is 0 Å². The Labute approximate surface area is 113 Å². The zero-order chi connectivity index (χ0) is 13.7. The van der Waals surface area contributed by atoms with Crippen LogP contribution in [0.2, 0.25) is 0 Å². The molecule has 0 spiro atoms. The average molecular weight is 265 g/mol. The second-order valence-electron chi connectivity index (χ2n) is 4.44. The third-order valence-corrected chi connectivity index (χ3v) is 2.61. The molecule has 0 aliphatic carbocycles. The number of amides is 1. The lowest BCUT2D eigenvalue weighted by Crippen LogP contribution is -2.41. The molecule has 5 heteroatoms. The summed E-state index contributed by atoms with van der Waals surface area (Å²) in [6.07, 6.45) is 0. The van der Waals surface area contributed by atoms with Gasteiger partial charge in [0.25, 0.3) is 0 Å². The lowest BCUT2D eigenvalue weighted by atomic mass is 10.1. The molecule has 4 nitrogen and oxygen atoms in total. The molecule has 1 atom stereocenters. The van der Waals surface area contributed by atoms with Crippen molar-refractivity contribution in [3.63, 3.8) is 0 Å². The highest BCUT2D eigenvalue weighted by Crippen LogP contribution is 2.15. The molecule has 0 fully saturated rings. The first-order chi connectivity index (χ1) is 8.41. The highest BCUT2D eigenvalue weighted by Gasteiger charge is 2.15. The van der Waals surface area contributed by atoms with Gasteiger partial charge in [0.2, 0.25) is 5.91 Å². The largest absolute Gasteiger partial charge is 0.389 e. The van der Waals surface area contributed by atoms with Gasteiger partial charge in [-0.2, -0.15) is 0 Å². The number of benzene rings is 1. The molecule has 1 aromatic carbocycles. The molecule has 1 unspecified atom stereocenters. The quantitative estimate of drug-likeness (QED) is 0.708. The van der Waals surface area contributed by atoms with Crippen molar-refractivity contribution < 1.29 is 4.79 Å². The van der Waals surface area contributed by atoms with Crippen molar-refractivity contribution >= 4 is 28.8 Å². The van der Waals surface area contributed by atoms with Crippen LogP contribution >= 0.6 is 12.2 Å². The monoisotopic (exact) mass is 265 g/mol. The van der Waals surface area contributed by atoms with E-state index in [9.17, 15) is 4.79 Å². The first kappa shape index (κ1) is 14.4. The van der Waals surface area contributed by atoms with Gasteiger partial charge in [0, 0.05) is 17.3 Å². The van der Waals surface area contributed by atoms with E-state index in [0.29, 0.717) is 4.99 Å². The van der Waals surface area contributed by atoms with E-state index in [1.165, 1.54) is 0 Å². The van der Waals surface area contributed by atoms with Crippen molar-refractivity contribution in [2.75, 3.05) is 5.32 Å². The van der Waals surface area contributed by atoms with Crippen molar-refractivity contribution in [1.82, 2.24) is 5.32 Å².